The van der Waals surface area contributed by atoms with Crippen LogP contribution < -0.4 is 4.74 Å². The molecule has 34 heavy (non-hydrogen) atoms. The normalized spacial score (nSPS) is 12.1. The molecule has 0 bridgehead atoms. The molecule has 0 fully saturated rings. The molecule has 0 N–H and O–H groups in total. The zero-order valence-electron chi connectivity index (χ0n) is 21.7. The third-order valence-electron chi connectivity index (χ3n) is 6.44. The highest BCUT2D eigenvalue weighted by atomic mass is 19.1. The Labute approximate surface area is 208 Å². The maximum absolute atomic E-state index is 13.8. The van der Waals surface area contributed by atoms with E-state index in [2.05, 4.69) is 23.8 Å². The predicted molar refractivity (Wildman–Crippen MR) is 142 cm³/mol. The highest BCUT2D eigenvalue weighted by Crippen LogP contribution is 2.20. The van der Waals surface area contributed by atoms with Gasteiger partial charge in [0.1, 0.15) is 11.9 Å². The summed E-state index contributed by atoms with van der Waals surface area (Å²) in [5, 5.41) is 0. The van der Waals surface area contributed by atoms with Crippen LogP contribution in [0.4, 0.5) is 4.39 Å². The van der Waals surface area contributed by atoms with Crippen LogP contribution >= 0.6 is 0 Å². The number of hydrogen-bond acceptors (Lipinski definition) is 3. The Balaban J connectivity index is 1.61. The number of aryl methyl sites for hydroxylation is 1. The molecule has 0 amide bonds. The molecule has 0 saturated heterocycles. The summed E-state index contributed by atoms with van der Waals surface area (Å²) in [6, 6.07) is 7.95. The Morgan fingerprint density at radius 3 is 1.91 bits per heavy atom. The molecule has 1 atom stereocenters. The van der Waals surface area contributed by atoms with Crippen LogP contribution in [0.3, 0.4) is 0 Å². The first-order chi connectivity index (χ1) is 16.7. The molecule has 2 aromatic rings. The average Bonchev–Trinajstić information content (AvgIpc) is 2.86. The quantitative estimate of drug-likeness (QED) is 0.181. The summed E-state index contributed by atoms with van der Waals surface area (Å²) >= 11 is 0. The molecular formula is C30H47FN2O. The maximum Gasteiger partial charge on any atom is 0.159 e. The van der Waals surface area contributed by atoms with Crippen LogP contribution in [-0.4, -0.2) is 22.7 Å². The van der Waals surface area contributed by atoms with E-state index in [4.69, 9.17) is 4.74 Å². The van der Waals surface area contributed by atoms with E-state index in [0.717, 1.165) is 55.7 Å². The lowest BCUT2D eigenvalue weighted by Gasteiger charge is -2.09. The first-order valence-corrected chi connectivity index (χ1v) is 13.9. The molecule has 0 saturated carbocycles. The van der Waals surface area contributed by atoms with Crippen LogP contribution in [0.25, 0.3) is 11.4 Å². The summed E-state index contributed by atoms with van der Waals surface area (Å²) in [5.41, 5.74) is 2.22. The molecule has 0 aliphatic heterocycles. The van der Waals surface area contributed by atoms with Crippen molar-refractivity contribution in [3.05, 3.63) is 42.2 Å². The molecule has 190 valence electrons. The number of nitrogens with zero attached hydrogens (tertiary/aromatic N) is 2. The van der Waals surface area contributed by atoms with Gasteiger partial charge in [0.15, 0.2) is 5.82 Å². The second-order valence-corrected chi connectivity index (χ2v) is 9.60. The standard InChI is InChI=1S/C30H47FN2O/c1-3-5-7-8-9-10-11-13-16-26-24-32-30(33-25-26)27-19-21-29(22-20-27)34-23-15-14-18-28(31)17-12-6-4-2/h19-22,24-25,28H,3-18,23H2,1-2H3/t28-/m0/s1. The van der Waals surface area contributed by atoms with E-state index in [9.17, 15) is 4.39 Å². The third kappa shape index (κ3) is 12.5. The number of alkyl halides is 1. The van der Waals surface area contributed by atoms with Crippen molar-refractivity contribution in [2.45, 2.75) is 123 Å². The number of halogens is 1. The van der Waals surface area contributed by atoms with Gasteiger partial charge >= 0.3 is 0 Å². The van der Waals surface area contributed by atoms with E-state index >= 15 is 0 Å². The van der Waals surface area contributed by atoms with E-state index < -0.39 is 6.17 Å². The second-order valence-electron chi connectivity index (χ2n) is 9.60. The van der Waals surface area contributed by atoms with Crippen LogP contribution in [0, 0.1) is 0 Å². The average molecular weight is 471 g/mol. The van der Waals surface area contributed by atoms with Gasteiger partial charge in [-0.3, -0.25) is 0 Å². The van der Waals surface area contributed by atoms with Gasteiger partial charge in [-0.05, 0) is 68.4 Å². The van der Waals surface area contributed by atoms with Crippen molar-refractivity contribution >= 4 is 0 Å². The highest BCUT2D eigenvalue weighted by molar-refractivity contribution is 5.55. The molecule has 1 aromatic heterocycles. The molecule has 0 aliphatic carbocycles. The van der Waals surface area contributed by atoms with Crippen LogP contribution in [0.5, 0.6) is 5.75 Å². The summed E-state index contributed by atoms with van der Waals surface area (Å²) < 4.78 is 19.6. The van der Waals surface area contributed by atoms with Gasteiger partial charge in [-0.15, -0.1) is 0 Å². The summed E-state index contributed by atoms with van der Waals surface area (Å²) in [6.45, 7) is 5.05. The molecule has 1 aromatic carbocycles. The molecule has 4 heteroatoms. The number of hydrogen-bond donors (Lipinski definition) is 0. The predicted octanol–water partition coefficient (Wildman–Crippen LogP) is 9.29. The lowest BCUT2D eigenvalue weighted by atomic mass is 10.1. The van der Waals surface area contributed by atoms with E-state index in [1.165, 1.54) is 56.9 Å². The van der Waals surface area contributed by atoms with Gasteiger partial charge < -0.3 is 4.74 Å². The fourth-order valence-electron chi connectivity index (χ4n) is 4.21. The zero-order valence-corrected chi connectivity index (χ0v) is 21.7. The second kappa shape index (κ2) is 18.4. The monoisotopic (exact) mass is 470 g/mol. The van der Waals surface area contributed by atoms with Crippen molar-refractivity contribution in [1.82, 2.24) is 9.97 Å². The van der Waals surface area contributed by atoms with Gasteiger partial charge in [0, 0.05) is 18.0 Å². The minimum Gasteiger partial charge on any atom is -0.494 e. The van der Waals surface area contributed by atoms with Gasteiger partial charge in [0.2, 0.25) is 0 Å². The Bertz CT molecular complexity index is 732. The first kappa shape index (κ1) is 28.3. The van der Waals surface area contributed by atoms with Gasteiger partial charge in [-0.1, -0.05) is 78.1 Å². The van der Waals surface area contributed by atoms with Crippen molar-refractivity contribution < 1.29 is 9.13 Å². The highest BCUT2D eigenvalue weighted by Gasteiger charge is 2.06. The molecule has 0 aliphatic rings. The molecule has 3 nitrogen and oxygen atoms in total. The zero-order chi connectivity index (χ0) is 24.3. The van der Waals surface area contributed by atoms with Crippen LogP contribution in [-0.2, 0) is 6.42 Å². The number of aromatic nitrogens is 2. The summed E-state index contributed by atoms with van der Waals surface area (Å²) in [5.74, 6) is 1.60. The molecule has 1 heterocycles. The van der Waals surface area contributed by atoms with Crippen molar-refractivity contribution in [1.29, 1.82) is 0 Å². The van der Waals surface area contributed by atoms with Crippen molar-refractivity contribution in [3.8, 4) is 17.1 Å². The number of benzene rings is 1. The largest absolute Gasteiger partial charge is 0.494 e. The molecule has 0 unspecified atom stereocenters. The number of unbranched alkanes of at least 4 members (excludes halogenated alkanes) is 10. The number of rotatable bonds is 20. The summed E-state index contributed by atoms with van der Waals surface area (Å²) in [4.78, 5) is 9.14. The fourth-order valence-corrected chi connectivity index (χ4v) is 4.21. The van der Waals surface area contributed by atoms with Crippen LogP contribution in [0.15, 0.2) is 36.7 Å². The van der Waals surface area contributed by atoms with E-state index in [1.807, 2.05) is 36.7 Å². The van der Waals surface area contributed by atoms with Crippen LogP contribution in [0.1, 0.15) is 116 Å². The van der Waals surface area contributed by atoms with E-state index in [0.29, 0.717) is 19.4 Å². The van der Waals surface area contributed by atoms with E-state index in [1.54, 1.807) is 0 Å². The van der Waals surface area contributed by atoms with Crippen molar-refractivity contribution in [2.75, 3.05) is 6.61 Å². The Hall–Kier alpha value is -1.97. The van der Waals surface area contributed by atoms with E-state index in [-0.39, 0.29) is 0 Å². The van der Waals surface area contributed by atoms with Gasteiger partial charge in [-0.25, -0.2) is 14.4 Å². The number of ether oxygens (including phenoxy) is 1. The van der Waals surface area contributed by atoms with Gasteiger partial charge in [0.25, 0.3) is 0 Å². The SMILES string of the molecule is CCCCCCCCCCc1cnc(-c2ccc(OCCCC[C@@H](F)CCCCC)cc2)nc1. The first-order valence-electron chi connectivity index (χ1n) is 13.9. The lowest BCUT2D eigenvalue weighted by molar-refractivity contribution is 0.261. The molecule has 0 spiro atoms. The smallest absolute Gasteiger partial charge is 0.159 e. The Kier molecular flexibility index (Phi) is 15.3. The topological polar surface area (TPSA) is 35.0 Å². The minimum absolute atomic E-state index is 0.630. The lowest BCUT2D eigenvalue weighted by Crippen LogP contribution is -2.03. The molecule has 2 rings (SSSR count). The van der Waals surface area contributed by atoms with Crippen LogP contribution in [0.2, 0.25) is 0 Å². The van der Waals surface area contributed by atoms with Gasteiger partial charge in [-0.2, -0.15) is 0 Å². The third-order valence-corrected chi connectivity index (χ3v) is 6.44. The molecule has 0 radical (unpaired) electrons. The summed E-state index contributed by atoms with van der Waals surface area (Å²) in [6.07, 6.45) is 21.4. The Morgan fingerprint density at radius 2 is 1.26 bits per heavy atom. The van der Waals surface area contributed by atoms with Crippen molar-refractivity contribution in [3.63, 3.8) is 0 Å². The summed E-state index contributed by atoms with van der Waals surface area (Å²) in [7, 11) is 0. The Morgan fingerprint density at radius 1 is 0.706 bits per heavy atom. The fraction of sp³-hybridized carbons (Fsp3) is 0.667. The molecular weight excluding hydrogens is 423 g/mol. The minimum atomic E-state index is -0.655. The van der Waals surface area contributed by atoms with Crippen molar-refractivity contribution in [2.24, 2.45) is 0 Å². The van der Waals surface area contributed by atoms with Gasteiger partial charge in [0.05, 0.1) is 6.61 Å². The maximum atomic E-state index is 13.8.